The number of carbonyl (C=O) groups is 1. The first-order chi connectivity index (χ1) is 9.60. The van der Waals surface area contributed by atoms with Gasteiger partial charge in [-0.25, -0.2) is 0 Å². The van der Waals surface area contributed by atoms with Gasteiger partial charge in [0.15, 0.2) is 0 Å². The molecule has 20 heavy (non-hydrogen) atoms. The Morgan fingerprint density at radius 2 is 2.30 bits per heavy atom. The lowest BCUT2D eigenvalue weighted by Crippen LogP contribution is -2.42. The summed E-state index contributed by atoms with van der Waals surface area (Å²) in [5.74, 6) is 0.115. The van der Waals surface area contributed by atoms with Gasteiger partial charge in [0.1, 0.15) is 0 Å². The average molecular weight is 275 g/mol. The highest BCUT2D eigenvalue weighted by Crippen LogP contribution is 2.23. The van der Waals surface area contributed by atoms with Crippen LogP contribution in [0.2, 0.25) is 0 Å². The van der Waals surface area contributed by atoms with E-state index in [0.29, 0.717) is 6.54 Å². The molecule has 0 saturated carbocycles. The quantitative estimate of drug-likeness (QED) is 0.807. The van der Waals surface area contributed by atoms with Crippen LogP contribution in [0.1, 0.15) is 37.8 Å². The minimum absolute atomic E-state index is 0.115. The fourth-order valence-electron chi connectivity index (χ4n) is 2.83. The third-order valence-corrected chi connectivity index (χ3v) is 3.88. The van der Waals surface area contributed by atoms with Crippen molar-refractivity contribution < 1.29 is 4.79 Å². The molecule has 110 valence electrons. The molecule has 0 fully saturated rings. The minimum atomic E-state index is 0.115. The van der Waals surface area contributed by atoms with Gasteiger partial charge in [0, 0.05) is 24.8 Å². The first kappa shape index (κ1) is 14.9. The van der Waals surface area contributed by atoms with Crippen LogP contribution in [0, 0.1) is 0 Å². The normalized spacial score (nSPS) is 16.5. The Morgan fingerprint density at radius 1 is 1.50 bits per heavy atom. The van der Waals surface area contributed by atoms with Gasteiger partial charge in [0.2, 0.25) is 5.91 Å². The highest BCUT2D eigenvalue weighted by atomic mass is 16.2. The Labute approximate surface area is 121 Å². The van der Waals surface area contributed by atoms with E-state index in [1.165, 1.54) is 11.1 Å². The monoisotopic (exact) mass is 275 g/mol. The van der Waals surface area contributed by atoms with E-state index in [2.05, 4.69) is 30.1 Å². The molecule has 4 nitrogen and oxygen atoms in total. The fourth-order valence-corrected chi connectivity index (χ4v) is 2.83. The van der Waals surface area contributed by atoms with Crippen LogP contribution in [0.3, 0.4) is 0 Å². The van der Waals surface area contributed by atoms with Crippen molar-refractivity contribution in [1.82, 2.24) is 10.2 Å². The third-order valence-electron chi connectivity index (χ3n) is 3.88. The van der Waals surface area contributed by atoms with E-state index in [-0.39, 0.29) is 11.9 Å². The molecule has 0 radical (unpaired) electrons. The predicted octanol–water partition coefficient (Wildman–Crippen LogP) is 1.93. The first-order valence-electron chi connectivity index (χ1n) is 7.48. The molecule has 1 aliphatic heterocycles. The molecular weight excluding hydrogens is 250 g/mol. The van der Waals surface area contributed by atoms with Crippen LogP contribution in [0.25, 0.3) is 0 Å². The van der Waals surface area contributed by atoms with Crippen LogP contribution in [0.15, 0.2) is 18.2 Å². The summed E-state index contributed by atoms with van der Waals surface area (Å²) in [5, 5.41) is 3.05. The van der Waals surface area contributed by atoms with Gasteiger partial charge in [-0.15, -0.1) is 0 Å². The molecule has 1 atom stereocenters. The molecule has 0 spiro atoms. The van der Waals surface area contributed by atoms with Crippen LogP contribution < -0.4 is 11.1 Å². The van der Waals surface area contributed by atoms with E-state index < -0.39 is 0 Å². The number of nitrogen functional groups attached to an aromatic ring is 1. The fraction of sp³-hybridized carbons (Fsp3) is 0.562. The number of nitrogens with one attached hydrogen (secondary N) is 1. The molecular formula is C16H25N3O. The van der Waals surface area contributed by atoms with Crippen molar-refractivity contribution in [3.8, 4) is 0 Å². The van der Waals surface area contributed by atoms with E-state index >= 15 is 0 Å². The summed E-state index contributed by atoms with van der Waals surface area (Å²) in [6.07, 6.45) is 3.09. The standard InChI is InChI=1S/C16H25N3O/c1-3-5-12(2)18-16(20)11-19-9-8-13-6-4-7-15(17)14(13)10-19/h4,6-7,12H,3,5,8-11,17H2,1-2H3,(H,18,20). The molecule has 0 aromatic heterocycles. The number of rotatable bonds is 5. The molecule has 0 saturated heterocycles. The highest BCUT2D eigenvalue weighted by molar-refractivity contribution is 5.78. The van der Waals surface area contributed by atoms with Crippen LogP contribution in [0.5, 0.6) is 0 Å². The maximum atomic E-state index is 12.0. The Hall–Kier alpha value is -1.55. The second kappa shape index (κ2) is 6.75. The molecule has 1 aliphatic rings. The number of amides is 1. The van der Waals surface area contributed by atoms with Gasteiger partial charge < -0.3 is 11.1 Å². The van der Waals surface area contributed by atoms with E-state index in [1.54, 1.807) is 0 Å². The van der Waals surface area contributed by atoms with Crippen molar-refractivity contribution in [2.45, 2.75) is 45.7 Å². The van der Waals surface area contributed by atoms with Crippen molar-refractivity contribution >= 4 is 11.6 Å². The summed E-state index contributed by atoms with van der Waals surface area (Å²) in [6, 6.07) is 6.33. The highest BCUT2D eigenvalue weighted by Gasteiger charge is 2.20. The minimum Gasteiger partial charge on any atom is -0.398 e. The molecule has 2 rings (SSSR count). The number of benzene rings is 1. The van der Waals surface area contributed by atoms with Crippen molar-refractivity contribution in [2.24, 2.45) is 0 Å². The maximum Gasteiger partial charge on any atom is 0.234 e. The van der Waals surface area contributed by atoms with E-state index in [1.807, 2.05) is 12.1 Å². The summed E-state index contributed by atoms with van der Waals surface area (Å²) >= 11 is 0. The zero-order chi connectivity index (χ0) is 14.5. The van der Waals surface area contributed by atoms with Gasteiger partial charge in [-0.2, -0.15) is 0 Å². The largest absolute Gasteiger partial charge is 0.398 e. The van der Waals surface area contributed by atoms with Crippen molar-refractivity contribution in [1.29, 1.82) is 0 Å². The summed E-state index contributed by atoms with van der Waals surface area (Å²) in [7, 11) is 0. The van der Waals surface area contributed by atoms with Crippen molar-refractivity contribution in [3.05, 3.63) is 29.3 Å². The maximum absolute atomic E-state index is 12.0. The number of hydrogen-bond acceptors (Lipinski definition) is 3. The smallest absolute Gasteiger partial charge is 0.234 e. The van der Waals surface area contributed by atoms with E-state index in [4.69, 9.17) is 5.73 Å². The lowest BCUT2D eigenvalue weighted by molar-refractivity contribution is -0.123. The summed E-state index contributed by atoms with van der Waals surface area (Å²) in [4.78, 5) is 14.2. The summed E-state index contributed by atoms with van der Waals surface area (Å²) in [6.45, 7) is 6.35. The number of hydrogen-bond donors (Lipinski definition) is 2. The summed E-state index contributed by atoms with van der Waals surface area (Å²) in [5.41, 5.74) is 9.38. The second-order valence-corrected chi connectivity index (χ2v) is 5.70. The predicted molar refractivity (Wildman–Crippen MR) is 82.3 cm³/mol. The number of nitrogens with two attached hydrogens (primary N) is 1. The second-order valence-electron chi connectivity index (χ2n) is 5.70. The Kier molecular flexibility index (Phi) is 5.01. The number of nitrogens with zero attached hydrogens (tertiary/aromatic N) is 1. The molecule has 3 N–H and O–H groups in total. The zero-order valence-electron chi connectivity index (χ0n) is 12.5. The van der Waals surface area contributed by atoms with Gasteiger partial charge in [0.05, 0.1) is 6.54 Å². The zero-order valence-corrected chi connectivity index (χ0v) is 12.5. The number of anilines is 1. The van der Waals surface area contributed by atoms with Crippen molar-refractivity contribution in [3.63, 3.8) is 0 Å². The van der Waals surface area contributed by atoms with Gasteiger partial charge in [-0.1, -0.05) is 25.5 Å². The average Bonchev–Trinajstić information content (AvgIpc) is 2.39. The molecule has 1 amide bonds. The lowest BCUT2D eigenvalue weighted by atomic mass is 9.98. The molecule has 1 aromatic rings. The van der Waals surface area contributed by atoms with Gasteiger partial charge in [-0.05, 0) is 37.0 Å². The Bertz CT molecular complexity index is 473. The molecule has 1 heterocycles. The van der Waals surface area contributed by atoms with Crippen LogP contribution in [-0.4, -0.2) is 29.9 Å². The molecule has 1 aromatic carbocycles. The lowest BCUT2D eigenvalue weighted by Gasteiger charge is -2.29. The Morgan fingerprint density at radius 3 is 3.05 bits per heavy atom. The van der Waals surface area contributed by atoms with Gasteiger partial charge in [-0.3, -0.25) is 9.69 Å². The van der Waals surface area contributed by atoms with Crippen LogP contribution in [-0.2, 0) is 17.8 Å². The molecule has 0 bridgehead atoms. The Balaban J connectivity index is 1.90. The SMILES string of the molecule is CCCC(C)NC(=O)CN1CCc2cccc(N)c2C1. The first-order valence-corrected chi connectivity index (χ1v) is 7.48. The van der Waals surface area contributed by atoms with E-state index in [0.717, 1.165) is 38.0 Å². The van der Waals surface area contributed by atoms with Gasteiger partial charge in [0.25, 0.3) is 0 Å². The third kappa shape index (κ3) is 3.73. The topological polar surface area (TPSA) is 58.4 Å². The summed E-state index contributed by atoms with van der Waals surface area (Å²) < 4.78 is 0. The van der Waals surface area contributed by atoms with E-state index in [9.17, 15) is 4.79 Å². The number of fused-ring (bicyclic) bond motifs is 1. The molecule has 0 aliphatic carbocycles. The van der Waals surface area contributed by atoms with Gasteiger partial charge >= 0.3 is 0 Å². The van der Waals surface area contributed by atoms with Crippen molar-refractivity contribution in [2.75, 3.05) is 18.8 Å². The van der Waals surface area contributed by atoms with Crippen LogP contribution in [0.4, 0.5) is 5.69 Å². The number of carbonyl (C=O) groups excluding carboxylic acids is 1. The molecule has 1 unspecified atom stereocenters. The molecule has 4 heteroatoms. The van der Waals surface area contributed by atoms with Crippen LogP contribution >= 0.6 is 0 Å².